The van der Waals surface area contributed by atoms with Crippen LogP contribution in [-0.4, -0.2) is 75.1 Å². The first-order valence-corrected chi connectivity index (χ1v) is 13.5. The Morgan fingerprint density at radius 1 is 1.05 bits per heavy atom. The lowest BCUT2D eigenvalue weighted by Gasteiger charge is -2.40. The maximum Gasteiger partial charge on any atom is 0.497 e. The Balaban J connectivity index is 1.59. The molecule has 2 fully saturated rings. The third kappa shape index (κ3) is 5.14. The van der Waals surface area contributed by atoms with Crippen LogP contribution in [0.1, 0.15) is 55.4 Å². The second kappa shape index (κ2) is 9.69. The predicted octanol–water partition coefficient (Wildman–Crippen LogP) is 4.44. The zero-order valence-electron chi connectivity index (χ0n) is 24.3. The molecule has 2 aliphatic heterocycles. The van der Waals surface area contributed by atoms with Crippen LogP contribution in [0.25, 0.3) is 16.7 Å². The van der Waals surface area contributed by atoms with E-state index in [-0.39, 0.29) is 17.8 Å². The SMILES string of the molecule is C[C@@H]1CN(c2ncnc3c2c(B2OC(C)(C)C(C)(C)O2)cn3-c2cc(F)cc(F)c2)CCN1C(=O)OC(C)(C)C. The molecule has 2 aromatic heterocycles. The number of carbonyl (C=O) groups excluding carboxylic acids is 1. The summed E-state index contributed by atoms with van der Waals surface area (Å²) in [4.78, 5) is 25.8. The van der Waals surface area contributed by atoms with Gasteiger partial charge in [0.2, 0.25) is 0 Å². The first kappa shape index (κ1) is 28.3. The zero-order chi connectivity index (χ0) is 29.2. The van der Waals surface area contributed by atoms with E-state index < -0.39 is 35.6 Å². The number of amides is 1. The monoisotopic (exact) mass is 555 g/mol. The van der Waals surface area contributed by atoms with Crippen molar-refractivity contribution in [3.63, 3.8) is 0 Å². The molecular formula is C28H36BF2N5O4. The fourth-order valence-corrected chi connectivity index (χ4v) is 5.08. The summed E-state index contributed by atoms with van der Waals surface area (Å²) in [6.45, 7) is 16.8. The molecule has 3 aromatic rings. The highest BCUT2D eigenvalue weighted by Crippen LogP contribution is 2.38. The lowest BCUT2D eigenvalue weighted by molar-refractivity contribution is 0.00578. The van der Waals surface area contributed by atoms with Crippen LogP contribution >= 0.6 is 0 Å². The lowest BCUT2D eigenvalue weighted by Crippen LogP contribution is -2.55. The average molecular weight is 555 g/mol. The molecule has 12 heteroatoms. The van der Waals surface area contributed by atoms with Crippen molar-refractivity contribution < 1.29 is 27.6 Å². The molecule has 9 nitrogen and oxygen atoms in total. The number of hydrogen-bond acceptors (Lipinski definition) is 7. The molecule has 0 spiro atoms. The Bertz CT molecular complexity index is 1420. The van der Waals surface area contributed by atoms with Gasteiger partial charge in [0, 0.05) is 43.4 Å². The fraction of sp³-hybridized carbons (Fsp3) is 0.536. The topological polar surface area (TPSA) is 82.0 Å². The van der Waals surface area contributed by atoms with Gasteiger partial charge in [-0.3, -0.25) is 0 Å². The van der Waals surface area contributed by atoms with Crippen LogP contribution in [0.5, 0.6) is 0 Å². The molecule has 0 unspecified atom stereocenters. The Morgan fingerprint density at radius 2 is 1.68 bits per heavy atom. The van der Waals surface area contributed by atoms with E-state index in [9.17, 15) is 13.6 Å². The molecule has 0 bridgehead atoms. The highest BCUT2D eigenvalue weighted by Gasteiger charge is 2.53. The van der Waals surface area contributed by atoms with Crippen LogP contribution < -0.4 is 10.4 Å². The minimum absolute atomic E-state index is 0.159. The first-order valence-electron chi connectivity index (χ1n) is 13.5. The zero-order valence-corrected chi connectivity index (χ0v) is 24.3. The Hall–Kier alpha value is -3.25. The van der Waals surface area contributed by atoms with Gasteiger partial charge in [-0.15, -0.1) is 0 Å². The number of carbonyl (C=O) groups is 1. The van der Waals surface area contributed by atoms with Crippen molar-refractivity contribution in [3.8, 4) is 5.69 Å². The van der Waals surface area contributed by atoms with Crippen molar-refractivity contribution in [2.24, 2.45) is 0 Å². The molecule has 2 saturated heterocycles. The summed E-state index contributed by atoms with van der Waals surface area (Å²) < 4.78 is 48.5. The molecule has 1 atom stereocenters. The number of ether oxygens (including phenoxy) is 1. The van der Waals surface area contributed by atoms with Gasteiger partial charge in [0.15, 0.2) is 0 Å². The van der Waals surface area contributed by atoms with E-state index in [2.05, 4.69) is 14.9 Å². The third-order valence-corrected chi connectivity index (χ3v) is 7.78. The van der Waals surface area contributed by atoms with Gasteiger partial charge in [-0.1, -0.05) is 0 Å². The number of halogens is 2. The number of benzene rings is 1. The molecule has 214 valence electrons. The van der Waals surface area contributed by atoms with E-state index in [1.807, 2.05) is 55.4 Å². The minimum atomic E-state index is -0.766. The third-order valence-electron chi connectivity index (χ3n) is 7.78. The summed E-state index contributed by atoms with van der Waals surface area (Å²) in [6.07, 6.45) is 2.83. The highest BCUT2D eigenvalue weighted by atomic mass is 19.1. The second-order valence-corrected chi connectivity index (χ2v) is 12.5. The second-order valence-electron chi connectivity index (χ2n) is 12.5. The number of nitrogens with zero attached hydrogens (tertiary/aromatic N) is 5. The maximum absolute atomic E-state index is 14.3. The summed E-state index contributed by atoms with van der Waals surface area (Å²) in [7, 11) is -0.766. The molecule has 1 aromatic carbocycles. The number of piperazine rings is 1. The van der Waals surface area contributed by atoms with E-state index in [1.54, 1.807) is 15.7 Å². The Labute approximate surface area is 233 Å². The molecule has 0 saturated carbocycles. The molecule has 2 aliphatic rings. The summed E-state index contributed by atoms with van der Waals surface area (Å²) in [5, 5.41) is 0.656. The summed E-state index contributed by atoms with van der Waals surface area (Å²) >= 11 is 0. The number of fused-ring (bicyclic) bond motifs is 1. The fourth-order valence-electron chi connectivity index (χ4n) is 5.08. The Morgan fingerprint density at radius 3 is 2.25 bits per heavy atom. The van der Waals surface area contributed by atoms with Crippen molar-refractivity contribution in [2.75, 3.05) is 24.5 Å². The summed E-state index contributed by atoms with van der Waals surface area (Å²) in [5.41, 5.74) is -0.430. The highest BCUT2D eigenvalue weighted by molar-refractivity contribution is 6.65. The van der Waals surface area contributed by atoms with Gasteiger partial charge >= 0.3 is 13.2 Å². The smallest absolute Gasteiger partial charge is 0.444 e. The van der Waals surface area contributed by atoms with E-state index in [4.69, 9.17) is 14.0 Å². The van der Waals surface area contributed by atoms with Gasteiger partial charge in [0.25, 0.3) is 0 Å². The molecule has 0 N–H and O–H groups in total. The predicted molar refractivity (Wildman–Crippen MR) is 149 cm³/mol. The molecule has 0 aliphatic carbocycles. The number of rotatable bonds is 3. The van der Waals surface area contributed by atoms with Crippen molar-refractivity contribution in [2.45, 2.75) is 78.2 Å². The molecule has 1 amide bonds. The Kier molecular flexibility index (Phi) is 6.85. The van der Waals surface area contributed by atoms with Crippen LogP contribution in [0.4, 0.5) is 19.4 Å². The van der Waals surface area contributed by atoms with Crippen LogP contribution in [0.3, 0.4) is 0 Å². The van der Waals surface area contributed by atoms with Gasteiger partial charge in [0.05, 0.1) is 22.3 Å². The molecule has 0 radical (unpaired) electrons. The number of anilines is 1. The number of hydrogen-bond donors (Lipinski definition) is 0. The summed E-state index contributed by atoms with van der Waals surface area (Å²) in [5.74, 6) is -0.771. The van der Waals surface area contributed by atoms with Crippen LogP contribution in [0, 0.1) is 11.6 Å². The minimum Gasteiger partial charge on any atom is -0.444 e. The van der Waals surface area contributed by atoms with Crippen molar-refractivity contribution in [3.05, 3.63) is 42.4 Å². The van der Waals surface area contributed by atoms with Crippen LogP contribution in [0.2, 0.25) is 0 Å². The van der Waals surface area contributed by atoms with Crippen molar-refractivity contribution in [1.29, 1.82) is 0 Å². The normalized spacial score (nSPS) is 20.9. The molecule has 5 rings (SSSR count). The van der Waals surface area contributed by atoms with Gasteiger partial charge in [-0.25, -0.2) is 23.5 Å². The van der Waals surface area contributed by atoms with Crippen molar-refractivity contribution in [1.82, 2.24) is 19.4 Å². The number of aromatic nitrogens is 3. The quantitative estimate of drug-likeness (QED) is 0.442. The van der Waals surface area contributed by atoms with Crippen LogP contribution in [0.15, 0.2) is 30.7 Å². The van der Waals surface area contributed by atoms with Gasteiger partial charge in [0.1, 0.15) is 35.0 Å². The van der Waals surface area contributed by atoms with E-state index in [0.29, 0.717) is 41.9 Å². The molecular weight excluding hydrogens is 519 g/mol. The first-order chi connectivity index (χ1) is 18.6. The van der Waals surface area contributed by atoms with E-state index >= 15 is 0 Å². The lowest BCUT2D eigenvalue weighted by atomic mass is 9.79. The van der Waals surface area contributed by atoms with Crippen molar-refractivity contribution >= 4 is 35.5 Å². The summed E-state index contributed by atoms with van der Waals surface area (Å²) in [6, 6.07) is 3.17. The van der Waals surface area contributed by atoms with Gasteiger partial charge < -0.3 is 28.4 Å². The largest absolute Gasteiger partial charge is 0.497 e. The molecule has 40 heavy (non-hydrogen) atoms. The van der Waals surface area contributed by atoms with Gasteiger partial charge in [-0.2, -0.15) is 0 Å². The average Bonchev–Trinajstić information content (AvgIpc) is 3.31. The van der Waals surface area contributed by atoms with Gasteiger partial charge in [-0.05, 0) is 67.5 Å². The molecule has 4 heterocycles. The van der Waals surface area contributed by atoms with E-state index in [1.165, 1.54) is 18.5 Å². The standard InChI is InChI=1S/C28H36BF2N5O4/c1-17-14-34(9-10-35(17)25(37)38-26(2,3)4)23-22-21(29-39-27(5,6)28(7,8)40-29)15-36(24(22)33-16-32-23)20-12-18(30)11-19(31)13-20/h11-13,15-17H,9-10,14H2,1-8H3/t17-/m1/s1. The van der Waals surface area contributed by atoms with Crippen LogP contribution in [-0.2, 0) is 14.0 Å². The maximum atomic E-state index is 14.3. The van der Waals surface area contributed by atoms with E-state index in [0.717, 1.165) is 6.07 Å².